The van der Waals surface area contributed by atoms with E-state index in [1.165, 1.54) is 0 Å². The normalized spacial score (nSPS) is 26.2. The molecule has 4 atom stereocenters. The Kier molecular flexibility index (Phi) is 4.24. The maximum Gasteiger partial charge on any atom is 0.151 e. The number of benzene rings is 1. The topological polar surface area (TPSA) is 70.3 Å². The third-order valence-corrected chi connectivity index (χ3v) is 6.33. The molecule has 150 valence electrons. The second-order valence-corrected chi connectivity index (χ2v) is 8.00. The molecule has 0 spiro atoms. The predicted octanol–water partition coefficient (Wildman–Crippen LogP) is 2.51. The maximum atomic E-state index is 14.9. The van der Waals surface area contributed by atoms with E-state index in [1.807, 2.05) is 48.0 Å². The van der Waals surface area contributed by atoms with Crippen molar-refractivity contribution >= 4 is 5.82 Å². The van der Waals surface area contributed by atoms with Crippen LogP contribution in [-0.4, -0.2) is 68.7 Å². The summed E-state index contributed by atoms with van der Waals surface area (Å²) < 4.78 is 16.7. The van der Waals surface area contributed by atoms with Gasteiger partial charge in [0.05, 0.1) is 23.8 Å². The van der Waals surface area contributed by atoms with E-state index in [-0.39, 0.29) is 17.8 Å². The molecule has 2 aromatic heterocycles. The van der Waals surface area contributed by atoms with E-state index in [4.69, 9.17) is 0 Å². The number of aromatic nitrogens is 4. The van der Waals surface area contributed by atoms with E-state index >= 15 is 0 Å². The molecule has 2 fully saturated rings. The SMILES string of the molecule is CN1CC2CC1[C@H](F)[C@H]2N(C)c1ccc(-c2ccc(-n3ccnc3)cc2O)nn1. The summed E-state index contributed by atoms with van der Waals surface area (Å²) in [4.78, 5) is 8.05. The molecular formula is C21H23FN6O. The molecule has 1 aromatic carbocycles. The van der Waals surface area contributed by atoms with Crippen LogP contribution in [0.15, 0.2) is 49.1 Å². The molecule has 2 aliphatic rings. The maximum absolute atomic E-state index is 14.9. The third kappa shape index (κ3) is 2.95. The summed E-state index contributed by atoms with van der Waals surface area (Å²) in [6.07, 6.45) is 5.18. The number of nitrogens with zero attached hydrogens (tertiary/aromatic N) is 6. The number of imidazole rings is 1. The van der Waals surface area contributed by atoms with E-state index in [9.17, 15) is 9.50 Å². The molecule has 29 heavy (non-hydrogen) atoms. The predicted molar refractivity (Wildman–Crippen MR) is 108 cm³/mol. The molecule has 1 aliphatic carbocycles. The molecule has 2 bridgehead atoms. The van der Waals surface area contributed by atoms with Gasteiger partial charge in [0.2, 0.25) is 0 Å². The lowest BCUT2D eigenvalue weighted by Crippen LogP contribution is -2.51. The number of halogens is 1. The van der Waals surface area contributed by atoms with Crippen molar-refractivity contribution in [2.24, 2.45) is 5.92 Å². The molecule has 5 rings (SSSR count). The molecule has 1 saturated carbocycles. The van der Waals surface area contributed by atoms with Gasteiger partial charge in [-0.25, -0.2) is 9.37 Å². The van der Waals surface area contributed by atoms with Gasteiger partial charge in [-0.2, -0.15) is 0 Å². The minimum absolute atomic E-state index is 0.00522. The largest absolute Gasteiger partial charge is 0.507 e. The van der Waals surface area contributed by atoms with Crippen LogP contribution < -0.4 is 4.90 Å². The Balaban J connectivity index is 1.37. The highest BCUT2D eigenvalue weighted by atomic mass is 19.1. The standard InChI is InChI=1S/C21H23FN6O/c1-26-11-13-9-17(26)20(22)21(13)27(2)19-6-5-16(24-25-19)15-4-3-14(10-18(15)29)28-8-7-23-12-28/h3-8,10,12-13,17,20-21,29H,9,11H2,1-2H3/t13?,17?,20-,21-/m0/s1. The minimum Gasteiger partial charge on any atom is -0.507 e. The lowest BCUT2D eigenvalue weighted by Gasteiger charge is -2.37. The lowest BCUT2D eigenvalue weighted by atomic mass is 10.0. The van der Waals surface area contributed by atoms with Gasteiger partial charge in [0, 0.05) is 43.7 Å². The van der Waals surface area contributed by atoms with Crippen LogP contribution in [0.2, 0.25) is 0 Å². The molecule has 1 aliphatic heterocycles. The number of fused-ring (bicyclic) bond motifs is 2. The number of hydrogen-bond acceptors (Lipinski definition) is 6. The molecule has 8 heteroatoms. The average Bonchev–Trinajstić information content (AvgIpc) is 3.44. The van der Waals surface area contributed by atoms with Crippen LogP contribution in [0.25, 0.3) is 16.9 Å². The number of rotatable bonds is 4. The Morgan fingerprint density at radius 2 is 2.07 bits per heavy atom. The number of hydrogen-bond donors (Lipinski definition) is 1. The molecule has 0 amide bonds. The van der Waals surface area contributed by atoms with Crippen molar-refractivity contribution in [3.8, 4) is 22.7 Å². The van der Waals surface area contributed by atoms with Crippen molar-refractivity contribution in [2.45, 2.75) is 24.7 Å². The van der Waals surface area contributed by atoms with Crippen molar-refractivity contribution in [3.63, 3.8) is 0 Å². The lowest BCUT2D eigenvalue weighted by molar-refractivity contribution is 0.126. The molecule has 2 unspecified atom stereocenters. The Labute approximate surface area is 168 Å². The van der Waals surface area contributed by atoms with Crippen LogP contribution in [0.4, 0.5) is 10.2 Å². The summed E-state index contributed by atoms with van der Waals surface area (Å²) in [6, 6.07) is 8.85. The Morgan fingerprint density at radius 3 is 2.69 bits per heavy atom. The third-order valence-electron chi connectivity index (χ3n) is 6.33. The van der Waals surface area contributed by atoms with E-state index < -0.39 is 6.17 Å². The number of likely N-dealkylation sites (tertiary alicyclic amines) is 1. The second-order valence-electron chi connectivity index (χ2n) is 8.00. The van der Waals surface area contributed by atoms with Crippen LogP contribution in [0.1, 0.15) is 6.42 Å². The second kappa shape index (κ2) is 6.81. The molecule has 3 aromatic rings. The monoisotopic (exact) mass is 394 g/mol. The van der Waals surface area contributed by atoms with Gasteiger partial charge in [0.15, 0.2) is 5.82 Å². The molecule has 1 saturated heterocycles. The van der Waals surface area contributed by atoms with Crippen molar-refractivity contribution in [1.29, 1.82) is 0 Å². The van der Waals surface area contributed by atoms with Crippen LogP contribution in [-0.2, 0) is 0 Å². The molecule has 1 N–H and O–H groups in total. The number of piperidine rings is 1. The highest BCUT2D eigenvalue weighted by Crippen LogP contribution is 2.42. The fourth-order valence-corrected chi connectivity index (χ4v) is 4.83. The Bertz CT molecular complexity index is 1010. The summed E-state index contributed by atoms with van der Waals surface area (Å²) in [5.41, 5.74) is 1.98. The molecule has 3 heterocycles. The van der Waals surface area contributed by atoms with E-state index in [0.717, 1.165) is 18.7 Å². The van der Waals surface area contributed by atoms with E-state index in [2.05, 4.69) is 20.1 Å². The van der Waals surface area contributed by atoms with Crippen molar-refractivity contribution < 1.29 is 9.50 Å². The van der Waals surface area contributed by atoms with Crippen molar-refractivity contribution in [2.75, 3.05) is 25.5 Å². The van der Waals surface area contributed by atoms with Crippen molar-refractivity contribution in [3.05, 3.63) is 49.1 Å². The van der Waals surface area contributed by atoms with Gasteiger partial charge in [-0.3, -0.25) is 0 Å². The highest BCUT2D eigenvalue weighted by molar-refractivity contribution is 5.69. The number of alkyl halides is 1. The summed E-state index contributed by atoms with van der Waals surface area (Å²) in [5, 5.41) is 19.1. The fraction of sp³-hybridized carbons (Fsp3) is 0.381. The molecule has 7 nitrogen and oxygen atoms in total. The minimum atomic E-state index is -0.884. The first-order valence-electron chi connectivity index (χ1n) is 9.75. The van der Waals surface area contributed by atoms with Crippen LogP contribution in [0.3, 0.4) is 0 Å². The average molecular weight is 394 g/mol. The first-order chi connectivity index (χ1) is 14.0. The molecule has 0 radical (unpaired) electrons. The number of phenols is 1. The summed E-state index contributed by atoms with van der Waals surface area (Å²) in [6.45, 7) is 0.919. The van der Waals surface area contributed by atoms with Gasteiger partial charge in [-0.1, -0.05) is 0 Å². The van der Waals surface area contributed by atoms with E-state index in [1.54, 1.807) is 24.7 Å². The van der Waals surface area contributed by atoms with Gasteiger partial charge in [-0.15, -0.1) is 10.2 Å². The highest BCUT2D eigenvalue weighted by Gasteiger charge is 2.52. The number of anilines is 1. The zero-order valence-electron chi connectivity index (χ0n) is 16.4. The first-order valence-corrected chi connectivity index (χ1v) is 9.75. The fourth-order valence-electron chi connectivity index (χ4n) is 4.83. The molecular weight excluding hydrogens is 371 g/mol. The van der Waals surface area contributed by atoms with Gasteiger partial charge >= 0.3 is 0 Å². The van der Waals surface area contributed by atoms with Crippen LogP contribution >= 0.6 is 0 Å². The number of aromatic hydroxyl groups is 1. The smallest absolute Gasteiger partial charge is 0.151 e. The van der Waals surface area contributed by atoms with Crippen molar-refractivity contribution in [1.82, 2.24) is 24.6 Å². The van der Waals surface area contributed by atoms with E-state index in [0.29, 0.717) is 23.0 Å². The summed E-state index contributed by atoms with van der Waals surface area (Å²) in [5.74, 6) is 1.07. The Morgan fingerprint density at radius 1 is 1.21 bits per heavy atom. The zero-order chi connectivity index (χ0) is 20.1. The van der Waals surface area contributed by atoms with Gasteiger partial charge < -0.3 is 19.5 Å². The van der Waals surface area contributed by atoms with Gasteiger partial charge in [-0.05, 0) is 43.7 Å². The zero-order valence-corrected chi connectivity index (χ0v) is 16.4. The summed E-state index contributed by atoms with van der Waals surface area (Å²) in [7, 11) is 3.88. The van der Waals surface area contributed by atoms with Gasteiger partial charge in [0.1, 0.15) is 11.9 Å². The van der Waals surface area contributed by atoms with Gasteiger partial charge in [0.25, 0.3) is 0 Å². The quantitative estimate of drug-likeness (QED) is 0.733. The summed E-state index contributed by atoms with van der Waals surface area (Å²) >= 11 is 0. The first kappa shape index (κ1) is 18.1. The van der Waals surface area contributed by atoms with Crippen LogP contribution in [0.5, 0.6) is 5.75 Å². The number of phenolic OH excluding ortho intramolecular Hbond substituents is 1. The van der Waals surface area contributed by atoms with Crippen LogP contribution in [0, 0.1) is 5.92 Å². The Hall–Kier alpha value is -3.00.